The highest BCUT2D eigenvalue weighted by Crippen LogP contribution is 2.30. The second-order valence-corrected chi connectivity index (χ2v) is 8.83. The largest absolute Gasteiger partial charge is 0.483 e. The van der Waals surface area contributed by atoms with Crippen LogP contribution in [0.25, 0.3) is 6.08 Å². The number of barbiturate groups is 1. The summed E-state index contributed by atoms with van der Waals surface area (Å²) in [7, 11) is 0. The summed E-state index contributed by atoms with van der Waals surface area (Å²) in [5.41, 5.74) is 1.15. The van der Waals surface area contributed by atoms with Crippen LogP contribution in [-0.4, -0.2) is 48.4 Å². The number of carbonyl (C=O) groups excluding carboxylic acids is 4. The Labute approximate surface area is 235 Å². The Morgan fingerprint density at radius 1 is 1.02 bits per heavy atom. The molecule has 1 aliphatic heterocycles. The van der Waals surface area contributed by atoms with Crippen LogP contribution < -0.4 is 25.2 Å². The van der Waals surface area contributed by atoms with Crippen LogP contribution in [0.4, 0.5) is 27.5 Å². The Morgan fingerprint density at radius 3 is 2.44 bits per heavy atom. The zero-order chi connectivity index (χ0) is 29.5. The molecule has 12 heteroatoms. The summed E-state index contributed by atoms with van der Waals surface area (Å²) in [6.45, 7) is 4.88. The number of hydrogen-bond donors (Lipinski definition) is 2. The van der Waals surface area contributed by atoms with Gasteiger partial charge in [-0.1, -0.05) is 24.3 Å². The molecule has 1 fully saturated rings. The van der Waals surface area contributed by atoms with Gasteiger partial charge < -0.3 is 15.0 Å². The highest BCUT2D eigenvalue weighted by Gasteiger charge is 2.37. The number of nitrogens with one attached hydrogen (secondary N) is 2. The van der Waals surface area contributed by atoms with Gasteiger partial charge in [-0.25, -0.2) is 9.69 Å². The maximum absolute atomic E-state index is 13.3. The average molecular weight is 558 g/mol. The molecule has 0 radical (unpaired) electrons. The number of ether oxygens (including phenoxy) is 1. The van der Waals surface area contributed by atoms with E-state index in [9.17, 15) is 29.3 Å². The fraction of sp³-hybridized carbons (Fsp3) is 0.172. The quantitative estimate of drug-likeness (QED) is 0.163. The molecule has 3 aromatic carbocycles. The van der Waals surface area contributed by atoms with Crippen LogP contribution in [0, 0.1) is 10.1 Å². The Balaban J connectivity index is 1.63. The lowest BCUT2D eigenvalue weighted by atomic mass is 10.1. The number of non-ortho nitro benzene ring substituents is 1. The number of urea groups is 1. The molecule has 0 aliphatic carbocycles. The monoisotopic (exact) mass is 557 g/mol. The van der Waals surface area contributed by atoms with Crippen molar-refractivity contribution in [3.8, 4) is 5.75 Å². The summed E-state index contributed by atoms with van der Waals surface area (Å²) in [6, 6.07) is 17.9. The zero-order valence-corrected chi connectivity index (χ0v) is 22.3. The summed E-state index contributed by atoms with van der Waals surface area (Å²) in [6.07, 6.45) is 1.31. The standard InChI is InChI=1S/C29H27N5O7/c1-3-32(4-2)22-14-13-19(15-24-27(36)31-29(38)33(28(24)37)21-10-6-5-7-11-21)25(17-22)41-18-26(35)30-20-9-8-12-23(16-20)34(39)40/h5-17H,3-4,18H2,1-2H3,(H,30,35)(H,31,36,38)/b24-15+. The van der Waals surface area contributed by atoms with Gasteiger partial charge in [-0.2, -0.15) is 0 Å². The van der Waals surface area contributed by atoms with E-state index in [4.69, 9.17) is 4.74 Å². The third-order valence-electron chi connectivity index (χ3n) is 6.24. The van der Waals surface area contributed by atoms with Crippen molar-refractivity contribution in [2.45, 2.75) is 13.8 Å². The lowest BCUT2D eigenvalue weighted by molar-refractivity contribution is -0.384. The number of anilines is 3. The predicted molar refractivity (Wildman–Crippen MR) is 153 cm³/mol. The third-order valence-corrected chi connectivity index (χ3v) is 6.24. The fourth-order valence-corrected chi connectivity index (χ4v) is 4.21. The van der Waals surface area contributed by atoms with Crippen molar-refractivity contribution >= 4 is 52.6 Å². The molecule has 3 aromatic rings. The Kier molecular flexibility index (Phi) is 8.72. The molecule has 2 N–H and O–H groups in total. The van der Waals surface area contributed by atoms with E-state index < -0.39 is 35.3 Å². The van der Waals surface area contributed by atoms with Gasteiger partial charge in [0.25, 0.3) is 23.4 Å². The topological polar surface area (TPSA) is 151 Å². The van der Waals surface area contributed by atoms with Gasteiger partial charge in [-0.15, -0.1) is 0 Å². The number of nitro groups is 1. The van der Waals surface area contributed by atoms with E-state index in [1.807, 2.05) is 18.7 Å². The van der Waals surface area contributed by atoms with Crippen molar-refractivity contribution in [1.29, 1.82) is 0 Å². The molecule has 1 heterocycles. The van der Waals surface area contributed by atoms with E-state index in [0.29, 0.717) is 24.3 Å². The molecule has 0 atom stereocenters. The van der Waals surface area contributed by atoms with Crippen molar-refractivity contribution in [1.82, 2.24) is 5.32 Å². The minimum atomic E-state index is -0.866. The molecular formula is C29H27N5O7. The molecule has 5 amide bonds. The summed E-state index contributed by atoms with van der Waals surface area (Å²) in [5, 5.41) is 15.8. The van der Waals surface area contributed by atoms with Crippen LogP contribution in [0.15, 0.2) is 78.4 Å². The first-order chi connectivity index (χ1) is 19.7. The number of imide groups is 2. The molecular weight excluding hydrogens is 530 g/mol. The minimum Gasteiger partial charge on any atom is -0.483 e. The molecule has 0 saturated carbocycles. The first kappa shape index (κ1) is 28.5. The van der Waals surface area contributed by atoms with Gasteiger partial charge in [0, 0.05) is 48.2 Å². The normalized spacial score (nSPS) is 14.0. The van der Waals surface area contributed by atoms with Gasteiger partial charge in [0.2, 0.25) is 0 Å². The van der Waals surface area contributed by atoms with Gasteiger partial charge in [0.05, 0.1) is 10.6 Å². The first-order valence-electron chi connectivity index (χ1n) is 12.7. The van der Waals surface area contributed by atoms with Crippen molar-refractivity contribution in [2.24, 2.45) is 0 Å². The van der Waals surface area contributed by atoms with Crippen molar-refractivity contribution in [3.05, 3.63) is 94.0 Å². The van der Waals surface area contributed by atoms with E-state index in [1.165, 1.54) is 30.3 Å². The molecule has 1 saturated heterocycles. The van der Waals surface area contributed by atoms with E-state index >= 15 is 0 Å². The predicted octanol–water partition coefficient (Wildman–Crippen LogP) is 4.12. The van der Waals surface area contributed by atoms with E-state index in [1.54, 1.807) is 48.5 Å². The molecule has 4 rings (SSSR count). The number of amides is 5. The second kappa shape index (κ2) is 12.6. The molecule has 41 heavy (non-hydrogen) atoms. The van der Waals surface area contributed by atoms with Crippen molar-refractivity contribution < 1.29 is 28.8 Å². The second-order valence-electron chi connectivity index (χ2n) is 8.83. The number of nitro benzene ring substituents is 1. The Bertz CT molecular complexity index is 1530. The molecule has 0 spiro atoms. The van der Waals surface area contributed by atoms with E-state index in [-0.39, 0.29) is 22.7 Å². The molecule has 1 aliphatic rings. The zero-order valence-electron chi connectivity index (χ0n) is 22.3. The van der Waals surface area contributed by atoms with Gasteiger partial charge in [0.15, 0.2) is 6.61 Å². The number of rotatable bonds is 10. The summed E-state index contributed by atoms with van der Waals surface area (Å²) in [5.74, 6) is -2.05. The van der Waals surface area contributed by atoms with Crippen LogP contribution >= 0.6 is 0 Å². The summed E-state index contributed by atoms with van der Waals surface area (Å²) in [4.78, 5) is 64.5. The lowest BCUT2D eigenvalue weighted by Crippen LogP contribution is -2.54. The van der Waals surface area contributed by atoms with Crippen molar-refractivity contribution in [2.75, 3.05) is 34.8 Å². The van der Waals surface area contributed by atoms with Crippen LogP contribution in [0.2, 0.25) is 0 Å². The maximum Gasteiger partial charge on any atom is 0.335 e. The summed E-state index contributed by atoms with van der Waals surface area (Å²) < 4.78 is 5.83. The maximum atomic E-state index is 13.3. The van der Waals surface area contributed by atoms with Crippen LogP contribution in [0.5, 0.6) is 5.75 Å². The molecule has 0 unspecified atom stereocenters. The van der Waals surface area contributed by atoms with Crippen LogP contribution in [0.1, 0.15) is 19.4 Å². The molecule has 12 nitrogen and oxygen atoms in total. The SMILES string of the molecule is CCN(CC)c1ccc(/C=C2\C(=O)NC(=O)N(c3ccccc3)C2=O)c(OCC(=O)Nc2cccc([N+](=O)[O-])c2)c1. The Morgan fingerprint density at radius 2 is 1.76 bits per heavy atom. The molecule has 0 bridgehead atoms. The third kappa shape index (κ3) is 6.56. The number of nitrogens with zero attached hydrogens (tertiary/aromatic N) is 3. The number of benzene rings is 3. The van der Waals surface area contributed by atoms with Crippen LogP contribution in [0.3, 0.4) is 0 Å². The fourth-order valence-electron chi connectivity index (χ4n) is 4.21. The van der Waals surface area contributed by atoms with Gasteiger partial charge >= 0.3 is 6.03 Å². The highest BCUT2D eigenvalue weighted by molar-refractivity contribution is 6.39. The van der Waals surface area contributed by atoms with E-state index in [0.717, 1.165) is 10.6 Å². The number of para-hydroxylation sites is 1. The van der Waals surface area contributed by atoms with Crippen molar-refractivity contribution in [3.63, 3.8) is 0 Å². The number of hydrogen-bond acceptors (Lipinski definition) is 8. The summed E-state index contributed by atoms with van der Waals surface area (Å²) >= 11 is 0. The minimum absolute atomic E-state index is 0.178. The average Bonchev–Trinajstić information content (AvgIpc) is 2.96. The first-order valence-corrected chi connectivity index (χ1v) is 12.7. The molecule has 0 aromatic heterocycles. The van der Waals surface area contributed by atoms with Gasteiger partial charge in [-0.05, 0) is 50.3 Å². The van der Waals surface area contributed by atoms with Gasteiger partial charge in [0.1, 0.15) is 11.3 Å². The smallest absolute Gasteiger partial charge is 0.335 e. The molecule has 210 valence electrons. The Hall–Kier alpha value is -5.52. The van der Waals surface area contributed by atoms with E-state index in [2.05, 4.69) is 10.6 Å². The van der Waals surface area contributed by atoms with Crippen LogP contribution in [-0.2, 0) is 14.4 Å². The number of carbonyl (C=O) groups is 4. The van der Waals surface area contributed by atoms with Gasteiger partial charge in [-0.3, -0.25) is 29.8 Å². The lowest BCUT2D eigenvalue weighted by Gasteiger charge is -2.26. The highest BCUT2D eigenvalue weighted by atomic mass is 16.6.